The standard InChI is InChI=1S/C20H24ClNO3/c1-11(2)16-14-6-7-15(16)18(20(24)25)17(14)19(23)22-9-8-12-4-3-5-13(21)10-12/h3-5,10,14-15,17-18H,6-9H2,1-2H3,(H,22,23)(H,24,25)/t14-,15-,17+,18-/m0/s1. The smallest absolute Gasteiger partial charge is 0.307 e. The molecule has 0 aliphatic heterocycles. The summed E-state index contributed by atoms with van der Waals surface area (Å²) in [5.41, 5.74) is 3.44. The number of hydrogen-bond acceptors (Lipinski definition) is 2. The van der Waals surface area contributed by atoms with Crippen LogP contribution in [0.5, 0.6) is 0 Å². The molecule has 2 saturated carbocycles. The Hall–Kier alpha value is -1.81. The molecule has 1 amide bonds. The molecule has 3 rings (SSSR count). The Labute approximate surface area is 153 Å². The minimum Gasteiger partial charge on any atom is -0.481 e. The number of amides is 1. The summed E-state index contributed by atoms with van der Waals surface area (Å²) in [6, 6.07) is 7.55. The zero-order valence-corrected chi connectivity index (χ0v) is 15.3. The van der Waals surface area contributed by atoms with Crippen molar-refractivity contribution < 1.29 is 14.7 Å². The molecule has 1 aromatic carbocycles. The maximum absolute atomic E-state index is 12.8. The van der Waals surface area contributed by atoms with E-state index in [9.17, 15) is 14.7 Å². The van der Waals surface area contributed by atoms with Gasteiger partial charge in [-0.25, -0.2) is 0 Å². The van der Waals surface area contributed by atoms with Gasteiger partial charge in [0.2, 0.25) is 5.91 Å². The zero-order valence-electron chi connectivity index (χ0n) is 14.6. The Morgan fingerprint density at radius 1 is 1.20 bits per heavy atom. The summed E-state index contributed by atoms with van der Waals surface area (Å²) < 4.78 is 0. The van der Waals surface area contributed by atoms with Crippen molar-refractivity contribution in [3.8, 4) is 0 Å². The summed E-state index contributed by atoms with van der Waals surface area (Å²) >= 11 is 5.97. The predicted octanol–water partition coefficient (Wildman–Crippen LogP) is 3.69. The number of aliphatic carboxylic acids is 1. The number of carboxylic acids is 1. The lowest BCUT2D eigenvalue weighted by Gasteiger charge is -2.26. The fourth-order valence-electron chi connectivity index (χ4n) is 4.75. The highest BCUT2D eigenvalue weighted by atomic mass is 35.5. The average Bonchev–Trinajstić information content (AvgIpc) is 3.10. The van der Waals surface area contributed by atoms with Crippen LogP contribution in [0, 0.1) is 23.7 Å². The van der Waals surface area contributed by atoms with Crippen LogP contribution in [0.4, 0.5) is 0 Å². The maximum Gasteiger partial charge on any atom is 0.307 e. The van der Waals surface area contributed by atoms with Crippen molar-refractivity contribution in [2.45, 2.75) is 33.1 Å². The molecule has 4 nitrogen and oxygen atoms in total. The number of benzene rings is 1. The minimum atomic E-state index is -0.846. The van der Waals surface area contributed by atoms with Crippen molar-refractivity contribution in [2.24, 2.45) is 23.7 Å². The average molecular weight is 362 g/mol. The first-order valence-corrected chi connectivity index (χ1v) is 9.20. The molecule has 0 heterocycles. The molecule has 25 heavy (non-hydrogen) atoms. The van der Waals surface area contributed by atoms with Crippen LogP contribution in [0.25, 0.3) is 0 Å². The first-order valence-electron chi connectivity index (χ1n) is 8.82. The number of nitrogens with one attached hydrogen (secondary N) is 1. The van der Waals surface area contributed by atoms with Crippen molar-refractivity contribution in [1.82, 2.24) is 5.32 Å². The van der Waals surface area contributed by atoms with Crippen molar-refractivity contribution in [2.75, 3.05) is 6.54 Å². The Kier molecular flexibility index (Phi) is 5.19. The quantitative estimate of drug-likeness (QED) is 0.786. The van der Waals surface area contributed by atoms with Gasteiger partial charge in [0.1, 0.15) is 0 Å². The highest BCUT2D eigenvalue weighted by Gasteiger charge is 2.57. The molecule has 2 bridgehead atoms. The number of carbonyl (C=O) groups is 2. The van der Waals surface area contributed by atoms with E-state index >= 15 is 0 Å². The molecule has 2 aliphatic carbocycles. The summed E-state index contributed by atoms with van der Waals surface area (Å²) in [6.45, 7) is 4.54. The highest BCUT2D eigenvalue weighted by molar-refractivity contribution is 6.30. The molecule has 2 N–H and O–H groups in total. The van der Waals surface area contributed by atoms with Gasteiger partial charge in [0.05, 0.1) is 11.8 Å². The van der Waals surface area contributed by atoms with Gasteiger partial charge in [0.25, 0.3) is 0 Å². The second-order valence-corrected chi connectivity index (χ2v) is 7.74. The van der Waals surface area contributed by atoms with Crippen LogP contribution in [0.2, 0.25) is 5.02 Å². The first-order chi connectivity index (χ1) is 11.9. The zero-order chi connectivity index (χ0) is 18.1. The largest absolute Gasteiger partial charge is 0.481 e. The van der Waals surface area contributed by atoms with Crippen LogP contribution in [0.15, 0.2) is 35.4 Å². The second kappa shape index (κ2) is 7.20. The molecule has 0 spiro atoms. The first kappa shape index (κ1) is 18.0. The van der Waals surface area contributed by atoms with E-state index in [1.807, 2.05) is 38.1 Å². The van der Waals surface area contributed by atoms with Crippen molar-refractivity contribution in [3.63, 3.8) is 0 Å². The van der Waals surface area contributed by atoms with Gasteiger partial charge in [-0.3, -0.25) is 9.59 Å². The van der Waals surface area contributed by atoms with Gasteiger partial charge < -0.3 is 10.4 Å². The van der Waals surface area contributed by atoms with Crippen molar-refractivity contribution >= 4 is 23.5 Å². The van der Waals surface area contributed by atoms with Gasteiger partial charge in [0, 0.05) is 11.6 Å². The molecular formula is C20H24ClNO3. The van der Waals surface area contributed by atoms with Gasteiger partial charge in [0.15, 0.2) is 0 Å². The van der Waals surface area contributed by atoms with E-state index in [0.717, 1.165) is 18.4 Å². The number of fused-ring (bicyclic) bond motifs is 2. The van der Waals surface area contributed by atoms with Crippen molar-refractivity contribution in [1.29, 1.82) is 0 Å². The molecule has 5 heteroatoms. The van der Waals surface area contributed by atoms with Crippen LogP contribution in [0.1, 0.15) is 32.3 Å². The molecule has 4 atom stereocenters. The van der Waals surface area contributed by atoms with Crippen LogP contribution in [-0.2, 0) is 16.0 Å². The fraction of sp³-hybridized carbons (Fsp3) is 0.500. The number of rotatable bonds is 5. The van der Waals surface area contributed by atoms with E-state index in [1.165, 1.54) is 11.1 Å². The topological polar surface area (TPSA) is 66.4 Å². The van der Waals surface area contributed by atoms with E-state index in [2.05, 4.69) is 5.32 Å². The number of carbonyl (C=O) groups excluding carboxylic acids is 1. The van der Waals surface area contributed by atoms with E-state index < -0.39 is 17.8 Å². The van der Waals surface area contributed by atoms with Gasteiger partial charge in [-0.1, -0.05) is 34.9 Å². The van der Waals surface area contributed by atoms with E-state index in [0.29, 0.717) is 18.0 Å². The van der Waals surface area contributed by atoms with Gasteiger partial charge in [-0.15, -0.1) is 0 Å². The van der Waals surface area contributed by atoms with Crippen molar-refractivity contribution in [3.05, 3.63) is 46.0 Å². The third-order valence-electron chi connectivity index (χ3n) is 5.61. The summed E-state index contributed by atoms with van der Waals surface area (Å²) in [6.07, 6.45) is 2.48. The molecule has 2 aliphatic rings. The molecule has 0 aromatic heterocycles. The third kappa shape index (κ3) is 3.45. The Morgan fingerprint density at radius 2 is 1.88 bits per heavy atom. The second-order valence-electron chi connectivity index (χ2n) is 7.31. The number of hydrogen-bond donors (Lipinski definition) is 2. The van der Waals surface area contributed by atoms with E-state index in [4.69, 9.17) is 11.6 Å². The molecule has 0 unspecified atom stereocenters. The highest BCUT2D eigenvalue weighted by Crippen LogP contribution is 2.57. The van der Waals surface area contributed by atoms with E-state index in [-0.39, 0.29) is 17.7 Å². The van der Waals surface area contributed by atoms with Crippen LogP contribution in [0.3, 0.4) is 0 Å². The Balaban J connectivity index is 1.68. The lowest BCUT2D eigenvalue weighted by atomic mass is 9.78. The lowest BCUT2D eigenvalue weighted by molar-refractivity contribution is -0.149. The predicted molar refractivity (Wildman–Crippen MR) is 97.4 cm³/mol. The van der Waals surface area contributed by atoms with Gasteiger partial charge >= 0.3 is 5.97 Å². The Bertz CT molecular complexity index is 723. The normalized spacial score (nSPS) is 27.4. The number of allylic oxidation sites excluding steroid dienone is 2. The number of carboxylic acid groups (broad SMARTS) is 1. The third-order valence-corrected chi connectivity index (χ3v) is 5.84. The monoisotopic (exact) mass is 361 g/mol. The SMILES string of the molecule is CC(C)=C1[C@@H]2CC[C@@H]1[C@@H](C(=O)NCCc1cccc(Cl)c1)[C@H]2C(=O)O. The lowest BCUT2D eigenvalue weighted by Crippen LogP contribution is -2.41. The van der Waals surface area contributed by atoms with Gasteiger partial charge in [-0.2, -0.15) is 0 Å². The fourth-order valence-corrected chi connectivity index (χ4v) is 4.96. The van der Waals surface area contributed by atoms with Crippen LogP contribution in [-0.4, -0.2) is 23.5 Å². The minimum absolute atomic E-state index is 0.0242. The summed E-state index contributed by atoms with van der Waals surface area (Å²) in [7, 11) is 0. The molecule has 134 valence electrons. The molecule has 0 saturated heterocycles. The van der Waals surface area contributed by atoms with Gasteiger partial charge in [-0.05, 0) is 62.6 Å². The van der Waals surface area contributed by atoms with Crippen LogP contribution < -0.4 is 5.32 Å². The molecular weight excluding hydrogens is 338 g/mol. The summed E-state index contributed by atoms with van der Waals surface area (Å²) in [5, 5.41) is 13.3. The summed E-state index contributed by atoms with van der Waals surface area (Å²) in [5.74, 6) is -1.89. The summed E-state index contributed by atoms with van der Waals surface area (Å²) in [4.78, 5) is 24.5. The number of halogens is 1. The van der Waals surface area contributed by atoms with Crippen LogP contribution >= 0.6 is 11.6 Å². The molecule has 2 fully saturated rings. The maximum atomic E-state index is 12.8. The molecule has 1 aromatic rings. The molecule has 0 radical (unpaired) electrons. The van der Waals surface area contributed by atoms with E-state index in [1.54, 1.807) is 0 Å². The Morgan fingerprint density at radius 3 is 2.48 bits per heavy atom.